The highest BCUT2D eigenvalue weighted by atomic mass is 16.5. The number of hydrogen-bond acceptors (Lipinski definition) is 2. The van der Waals surface area contributed by atoms with Crippen molar-refractivity contribution in [1.82, 2.24) is 0 Å². The van der Waals surface area contributed by atoms with Gasteiger partial charge in [0.2, 0.25) is 0 Å². The molecule has 4 aliphatic rings. The van der Waals surface area contributed by atoms with Gasteiger partial charge in [-0.3, -0.25) is 0 Å². The molecule has 0 aromatic rings. The van der Waals surface area contributed by atoms with Crippen molar-refractivity contribution in [3.05, 3.63) is 11.8 Å². The van der Waals surface area contributed by atoms with E-state index in [9.17, 15) is 5.11 Å². The van der Waals surface area contributed by atoms with E-state index in [0.29, 0.717) is 5.41 Å². The summed E-state index contributed by atoms with van der Waals surface area (Å²) >= 11 is 0. The van der Waals surface area contributed by atoms with E-state index in [1.165, 1.54) is 38.5 Å². The summed E-state index contributed by atoms with van der Waals surface area (Å²) in [5.74, 6) is 2.43. The number of aliphatic hydroxyl groups excluding tert-OH is 1. The lowest BCUT2D eigenvalue weighted by Gasteiger charge is -2.57. The van der Waals surface area contributed by atoms with Gasteiger partial charge in [-0.25, -0.2) is 0 Å². The summed E-state index contributed by atoms with van der Waals surface area (Å²) in [7, 11) is 0. The fourth-order valence-corrected chi connectivity index (χ4v) is 6.27. The van der Waals surface area contributed by atoms with Crippen molar-refractivity contribution < 1.29 is 9.84 Å². The molecule has 3 aliphatic carbocycles. The van der Waals surface area contributed by atoms with Gasteiger partial charge >= 0.3 is 0 Å². The van der Waals surface area contributed by atoms with Crippen LogP contribution in [0.25, 0.3) is 0 Å². The number of hydrogen-bond donors (Lipinski definition) is 1. The molecular formula is C18H28O2. The quantitative estimate of drug-likeness (QED) is 0.727. The van der Waals surface area contributed by atoms with Gasteiger partial charge in [0.1, 0.15) is 0 Å². The van der Waals surface area contributed by atoms with Gasteiger partial charge in [0.15, 0.2) is 0 Å². The summed E-state index contributed by atoms with van der Waals surface area (Å²) in [6, 6.07) is 0. The minimum absolute atomic E-state index is 0.0483. The molecule has 0 aromatic carbocycles. The molecule has 0 saturated heterocycles. The van der Waals surface area contributed by atoms with Crippen LogP contribution in [0.5, 0.6) is 0 Å². The zero-order valence-corrected chi connectivity index (χ0v) is 12.9. The van der Waals surface area contributed by atoms with Crippen molar-refractivity contribution in [2.24, 2.45) is 28.6 Å². The van der Waals surface area contributed by atoms with Crippen LogP contribution in [0, 0.1) is 28.6 Å². The van der Waals surface area contributed by atoms with Crippen LogP contribution < -0.4 is 0 Å². The highest BCUT2D eigenvalue weighted by molar-refractivity contribution is 5.21. The first-order valence-corrected chi connectivity index (χ1v) is 8.55. The third-order valence-corrected chi connectivity index (χ3v) is 7.65. The van der Waals surface area contributed by atoms with E-state index < -0.39 is 0 Å². The van der Waals surface area contributed by atoms with E-state index in [1.807, 2.05) is 0 Å². The molecule has 2 nitrogen and oxygen atoms in total. The summed E-state index contributed by atoms with van der Waals surface area (Å²) in [5.41, 5.74) is 2.17. The van der Waals surface area contributed by atoms with Crippen LogP contribution >= 0.6 is 0 Å². The first kappa shape index (κ1) is 13.2. The van der Waals surface area contributed by atoms with Gasteiger partial charge in [0.25, 0.3) is 0 Å². The fraction of sp³-hybridized carbons (Fsp3) is 0.889. The van der Waals surface area contributed by atoms with Crippen molar-refractivity contribution in [2.45, 2.75) is 64.9 Å². The van der Waals surface area contributed by atoms with Crippen LogP contribution in [0.2, 0.25) is 0 Å². The minimum atomic E-state index is -0.0483. The maximum Gasteiger partial charge on any atom is 0.0881 e. The summed E-state index contributed by atoms with van der Waals surface area (Å²) in [6.07, 6.45) is 10.6. The van der Waals surface area contributed by atoms with E-state index in [1.54, 1.807) is 5.57 Å². The van der Waals surface area contributed by atoms with Gasteiger partial charge in [0.05, 0.1) is 19.0 Å². The normalized spacial score (nSPS) is 54.2. The first-order chi connectivity index (χ1) is 9.56. The predicted octanol–water partition coefficient (Wildman–Crippen LogP) is 3.89. The van der Waals surface area contributed by atoms with E-state index in [-0.39, 0.29) is 11.5 Å². The van der Waals surface area contributed by atoms with Crippen LogP contribution in [0.3, 0.4) is 0 Å². The summed E-state index contributed by atoms with van der Waals surface area (Å²) in [5, 5.41) is 10.4. The SMILES string of the molecule is CC12CCOC=C1CCC1C2CCC2(C)C(O)CCC12. The molecule has 20 heavy (non-hydrogen) atoms. The molecule has 0 spiro atoms. The molecule has 0 aromatic heterocycles. The van der Waals surface area contributed by atoms with E-state index >= 15 is 0 Å². The molecule has 1 N–H and O–H groups in total. The molecule has 3 fully saturated rings. The average molecular weight is 276 g/mol. The van der Waals surface area contributed by atoms with Crippen molar-refractivity contribution >= 4 is 0 Å². The van der Waals surface area contributed by atoms with Crippen molar-refractivity contribution in [3.8, 4) is 0 Å². The van der Waals surface area contributed by atoms with E-state index in [4.69, 9.17) is 4.74 Å². The van der Waals surface area contributed by atoms with Crippen LogP contribution in [0.1, 0.15) is 58.8 Å². The molecular weight excluding hydrogens is 248 g/mol. The van der Waals surface area contributed by atoms with E-state index in [2.05, 4.69) is 20.1 Å². The Bertz CT molecular complexity index is 443. The average Bonchev–Trinajstić information content (AvgIpc) is 2.74. The van der Waals surface area contributed by atoms with Crippen molar-refractivity contribution in [1.29, 1.82) is 0 Å². The fourth-order valence-electron chi connectivity index (χ4n) is 6.27. The minimum Gasteiger partial charge on any atom is -0.501 e. The second-order valence-corrected chi connectivity index (χ2v) is 8.23. The highest BCUT2D eigenvalue weighted by Crippen LogP contribution is 2.64. The molecule has 1 aliphatic heterocycles. The Labute approximate surface area is 122 Å². The lowest BCUT2D eigenvalue weighted by molar-refractivity contribution is -0.0798. The van der Waals surface area contributed by atoms with Gasteiger partial charge in [-0.1, -0.05) is 13.8 Å². The second-order valence-electron chi connectivity index (χ2n) is 8.23. The van der Waals surface area contributed by atoms with Crippen LogP contribution in [0.15, 0.2) is 11.8 Å². The van der Waals surface area contributed by atoms with E-state index in [0.717, 1.165) is 30.8 Å². The summed E-state index contributed by atoms with van der Waals surface area (Å²) in [6.45, 7) is 5.75. The van der Waals surface area contributed by atoms with Gasteiger partial charge in [-0.2, -0.15) is 0 Å². The topological polar surface area (TPSA) is 29.5 Å². The maximum atomic E-state index is 10.4. The Morgan fingerprint density at radius 2 is 1.95 bits per heavy atom. The number of rotatable bonds is 0. The third-order valence-electron chi connectivity index (χ3n) is 7.65. The lowest BCUT2D eigenvalue weighted by Crippen LogP contribution is -2.51. The maximum absolute atomic E-state index is 10.4. The molecule has 3 saturated carbocycles. The number of allylic oxidation sites excluding steroid dienone is 1. The molecule has 0 amide bonds. The largest absolute Gasteiger partial charge is 0.501 e. The number of aliphatic hydroxyl groups is 1. The summed E-state index contributed by atoms with van der Waals surface area (Å²) < 4.78 is 5.61. The third kappa shape index (κ3) is 1.55. The Balaban J connectivity index is 1.68. The number of ether oxygens (including phenoxy) is 1. The summed E-state index contributed by atoms with van der Waals surface area (Å²) in [4.78, 5) is 0. The molecule has 6 atom stereocenters. The standard InChI is InChI=1S/C18H28O2/c1-17-9-10-20-11-12(17)3-4-13-14-5-6-16(19)18(14,2)8-7-15(13)17/h11,13-16,19H,3-10H2,1-2H3. The molecule has 1 heterocycles. The molecule has 0 radical (unpaired) electrons. The van der Waals surface area contributed by atoms with Gasteiger partial charge in [0, 0.05) is 0 Å². The van der Waals surface area contributed by atoms with Gasteiger partial charge in [-0.05, 0) is 79.1 Å². The molecule has 112 valence electrons. The van der Waals surface area contributed by atoms with Crippen molar-refractivity contribution in [2.75, 3.05) is 6.61 Å². The smallest absolute Gasteiger partial charge is 0.0881 e. The number of fused-ring (bicyclic) bond motifs is 5. The molecule has 4 rings (SSSR count). The second kappa shape index (κ2) is 4.25. The Kier molecular flexibility index (Phi) is 2.80. The van der Waals surface area contributed by atoms with Crippen LogP contribution in [-0.4, -0.2) is 17.8 Å². The monoisotopic (exact) mass is 276 g/mol. The van der Waals surface area contributed by atoms with Crippen molar-refractivity contribution in [3.63, 3.8) is 0 Å². The lowest BCUT2D eigenvalue weighted by atomic mass is 9.48. The zero-order chi connectivity index (χ0) is 14.0. The van der Waals surface area contributed by atoms with Gasteiger partial charge < -0.3 is 9.84 Å². The predicted molar refractivity (Wildman–Crippen MR) is 79.0 cm³/mol. The van der Waals surface area contributed by atoms with Gasteiger partial charge in [-0.15, -0.1) is 0 Å². The molecule has 2 heteroatoms. The Morgan fingerprint density at radius 3 is 2.80 bits per heavy atom. The zero-order valence-electron chi connectivity index (χ0n) is 12.9. The highest BCUT2D eigenvalue weighted by Gasteiger charge is 2.58. The Hall–Kier alpha value is -0.500. The molecule has 6 unspecified atom stereocenters. The molecule has 0 bridgehead atoms. The van der Waals surface area contributed by atoms with Crippen LogP contribution in [-0.2, 0) is 4.74 Å². The van der Waals surface area contributed by atoms with Crippen LogP contribution in [0.4, 0.5) is 0 Å². The first-order valence-electron chi connectivity index (χ1n) is 8.55. The Morgan fingerprint density at radius 1 is 1.10 bits per heavy atom.